The molecule has 0 bridgehead atoms. The van der Waals surface area contributed by atoms with Crippen molar-refractivity contribution in [2.45, 2.75) is 206 Å². The van der Waals surface area contributed by atoms with Crippen LogP contribution < -0.4 is 0 Å². The molecule has 0 spiro atoms. The molecule has 0 aliphatic heterocycles. The minimum Gasteiger partial charge on any atom is -0.462 e. The predicted molar refractivity (Wildman–Crippen MR) is 221 cm³/mol. The van der Waals surface area contributed by atoms with Gasteiger partial charge in [0.05, 0.1) is 6.61 Å². The van der Waals surface area contributed by atoms with E-state index in [1.807, 2.05) is 30.4 Å². The van der Waals surface area contributed by atoms with Crippen molar-refractivity contribution in [2.75, 3.05) is 13.2 Å². The number of unbranched alkanes of at least 4 members (excludes halogenated alkanes) is 24. The molecule has 0 aromatic heterocycles. The van der Waals surface area contributed by atoms with Crippen LogP contribution in [-0.2, 0) is 28.2 Å². The summed E-state index contributed by atoms with van der Waals surface area (Å²) in [4.78, 5) is 42.9. The Hall–Kier alpha value is -1.99. The molecule has 1 atom stereocenters. The molecule has 0 heterocycles. The summed E-state index contributed by atoms with van der Waals surface area (Å²) < 4.78 is 26.4. The first kappa shape index (κ1) is 51.0. The summed E-state index contributed by atoms with van der Waals surface area (Å²) in [5, 5.41) is 0. The van der Waals surface area contributed by atoms with Crippen molar-refractivity contribution in [3.05, 3.63) is 48.6 Å². The Morgan fingerprint density at radius 1 is 0.509 bits per heavy atom. The summed E-state index contributed by atoms with van der Waals surface area (Å²) in [5.74, 6) is -0.907. The van der Waals surface area contributed by atoms with E-state index in [-0.39, 0.29) is 19.4 Å². The lowest BCUT2D eigenvalue weighted by Crippen LogP contribution is -2.29. The highest BCUT2D eigenvalue weighted by Gasteiger charge is 2.22. The fourth-order valence-electron chi connectivity index (χ4n) is 6.03. The number of allylic oxidation sites excluding steroid dienone is 8. The first-order valence-electron chi connectivity index (χ1n) is 21.5. The number of phosphoric ester groups is 1. The maximum atomic E-state index is 12.4. The van der Waals surface area contributed by atoms with Gasteiger partial charge in [-0.05, 0) is 32.1 Å². The zero-order valence-corrected chi connectivity index (χ0v) is 34.8. The van der Waals surface area contributed by atoms with Crippen LogP contribution in [0.25, 0.3) is 0 Å². The van der Waals surface area contributed by atoms with E-state index in [1.54, 1.807) is 0 Å². The summed E-state index contributed by atoms with van der Waals surface area (Å²) in [5.41, 5.74) is 0. The molecule has 0 saturated carbocycles. The minimum absolute atomic E-state index is 0.208. The number of esters is 2. The van der Waals surface area contributed by atoms with Gasteiger partial charge in [0.1, 0.15) is 6.61 Å². The summed E-state index contributed by atoms with van der Waals surface area (Å²) in [6.07, 6.45) is 48.3. The van der Waals surface area contributed by atoms with Crippen LogP contribution in [0.4, 0.5) is 0 Å². The Kier molecular flexibility index (Phi) is 38.2. The van der Waals surface area contributed by atoms with E-state index in [0.29, 0.717) is 12.8 Å². The average Bonchev–Trinajstić information content (AvgIpc) is 3.13. The quantitative estimate of drug-likeness (QED) is 0.0275. The van der Waals surface area contributed by atoms with Gasteiger partial charge in [0, 0.05) is 12.8 Å². The van der Waals surface area contributed by atoms with Crippen molar-refractivity contribution in [2.24, 2.45) is 0 Å². The van der Waals surface area contributed by atoms with Crippen molar-refractivity contribution in [1.29, 1.82) is 0 Å². The van der Waals surface area contributed by atoms with Crippen LogP contribution in [0.3, 0.4) is 0 Å². The van der Waals surface area contributed by atoms with E-state index in [1.165, 1.54) is 103 Å². The van der Waals surface area contributed by atoms with E-state index in [9.17, 15) is 14.2 Å². The highest BCUT2D eigenvalue weighted by atomic mass is 31.2. The molecule has 8 nitrogen and oxygen atoms in total. The van der Waals surface area contributed by atoms with E-state index >= 15 is 0 Å². The molecule has 53 heavy (non-hydrogen) atoms. The Morgan fingerprint density at radius 3 is 1.36 bits per heavy atom. The summed E-state index contributed by atoms with van der Waals surface area (Å²) in [6, 6.07) is 0. The third-order valence-electron chi connectivity index (χ3n) is 9.21. The second-order valence-corrected chi connectivity index (χ2v) is 15.6. The molecular formula is C44H79O8P. The van der Waals surface area contributed by atoms with E-state index in [2.05, 4.69) is 36.6 Å². The number of carbonyl (C=O) groups excluding carboxylic acids is 2. The molecule has 0 aliphatic rings. The zero-order valence-electron chi connectivity index (χ0n) is 33.9. The number of ether oxygens (including phenoxy) is 2. The van der Waals surface area contributed by atoms with Gasteiger partial charge >= 0.3 is 19.8 Å². The first-order chi connectivity index (χ1) is 25.8. The zero-order chi connectivity index (χ0) is 38.9. The maximum absolute atomic E-state index is 12.4. The molecule has 0 rings (SSSR count). The molecule has 0 aromatic carbocycles. The summed E-state index contributed by atoms with van der Waals surface area (Å²) in [7, 11) is -4.76. The SMILES string of the molecule is CC/C=C/C=C/C=C/C=C/CCCCCCCC(=O)OC[C@H](COP(=O)(O)O)OC(=O)CCCCCCCCCCCCCCCCCCCCCC. The van der Waals surface area contributed by atoms with Crippen LogP contribution in [-0.4, -0.2) is 41.0 Å². The molecule has 0 aliphatic carbocycles. The monoisotopic (exact) mass is 767 g/mol. The van der Waals surface area contributed by atoms with Gasteiger partial charge in [-0.15, -0.1) is 0 Å². The number of hydrogen-bond donors (Lipinski definition) is 2. The Morgan fingerprint density at radius 2 is 0.906 bits per heavy atom. The van der Waals surface area contributed by atoms with Gasteiger partial charge in [-0.2, -0.15) is 0 Å². The molecular weight excluding hydrogens is 687 g/mol. The van der Waals surface area contributed by atoms with Gasteiger partial charge in [-0.25, -0.2) is 4.57 Å². The molecule has 0 saturated heterocycles. The van der Waals surface area contributed by atoms with E-state index < -0.39 is 32.5 Å². The minimum atomic E-state index is -4.76. The maximum Gasteiger partial charge on any atom is 0.469 e. The average molecular weight is 767 g/mol. The lowest BCUT2D eigenvalue weighted by atomic mass is 10.0. The fourth-order valence-corrected chi connectivity index (χ4v) is 6.39. The predicted octanol–water partition coefficient (Wildman–Crippen LogP) is 13.1. The molecule has 308 valence electrons. The highest BCUT2D eigenvalue weighted by molar-refractivity contribution is 7.46. The molecule has 0 radical (unpaired) electrons. The van der Waals surface area contributed by atoms with Gasteiger partial charge in [-0.3, -0.25) is 14.1 Å². The van der Waals surface area contributed by atoms with Gasteiger partial charge < -0.3 is 19.3 Å². The highest BCUT2D eigenvalue weighted by Crippen LogP contribution is 2.36. The van der Waals surface area contributed by atoms with E-state index in [4.69, 9.17) is 19.3 Å². The third kappa shape index (κ3) is 42.6. The lowest BCUT2D eigenvalue weighted by Gasteiger charge is -2.18. The second kappa shape index (κ2) is 39.7. The van der Waals surface area contributed by atoms with Crippen molar-refractivity contribution in [3.8, 4) is 0 Å². The normalized spacial score (nSPS) is 12.9. The van der Waals surface area contributed by atoms with Crippen LogP contribution >= 0.6 is 7.82 Å². The van der Waals surface area contributed by atoms with E-state index in [0.717, 1.165) is 57.8 Å². The smallest absolute Gasteiger partial charge is 0.462 e. The summed E-state index contributed by atoms with van der Waals surface area (Å²) in [6.45, 7) is 3.54. The second-order valence-electron chi connectivity index (χ2n) is 14.4. The summed E-state index contributed by atoms with van der Waals surface area (Å²) >= 11 is 0. The molecule has 0 fully saturated rings. The van der Waals surface area contributed by atoms with Gasteiger partial charge in [0.2, 0.25) is 0 Å². The van der Waals surface area contributed by atoms with Crippen LogP contribution in [0.15, 0.2) is 48.6 Å². The molecule has 0 aromatic rings. The number of rotatable bonds is 39. The van der Waals surface area contributed by atoms with Gasteiger partial charge in [0.25, 0.3) is 0 Å². The van der Waals surface area contributed by atoms with Crippen molar-refractivity contribution >= 4 is 19.8 Å². The number of carbonyl (C=O) groups is 2. The van der Waals surface area contributed by atoms with Crippen molar-refractivity contribution < 1.29 is 37.9 Å². The van der Waals surface area contributed by atoms with Crippen LogP contribution in [0.5, 0.6) is 0 Å². The molecule has 2 N–H and O–H groups in total. The largest absolute Gasteiger partial charge is 0.469 e. The van der Waals surface area contributed by atoms with Crippen molar-refractivity contribution in [3.63, 3.8) is 0 Å². The fraction of sp³-hybridized carbons (Fsp3) is 0.773. The molecule has 0 unspecified atom stereocenters. The molecule has 9 heteroatoms. The Bertz CT molecular complexity index is 999. The Labute approximate surface area is 324 Å². The number of phosphoric acid groups is 1. The van der Waals surface area contributed by atoms with Gasteiger partial charge in [-0.1, -0.05) is 204 Å². The first-order valence-corrected chi connectivity index (χ1v) is 23.0. The number of hydrogen-bond acceptors (Lipinski definition) is 6. The van der Waals surface area contributed by atoms with Crippen molar-refractivity contribution in [1.82, 2.24) is 0 Å². The standard InChI is InChI=1S/C44H79O8P/c1-3-5-7-9-11-13-15-17-19-20-21-22-23-25-27-29-31-33-35-37-39-44(46)52-42(41-51-53(47,48)49)40-50-43(45)38-36-34-32-30-28-26-24-18-16-14-12-10-8-6-4-2/h6,8,10,12,14,16,18,24,42H,3-5,7,9,11,13,15,17,19-23,25-41H2,1-2H3,(H2,47,48,49)/b8-6+,12-10+,16-14+,24-18+/t42-/m1/s1. The Balaban J connectivity index is 3.90. The topological polar surface area (TPSA) is 119 Å². The van der Waals surface area contributed by atoms with Crippen LogP contribution in [0, 0.1) is 0 Å². The van der Waals surface area contributed by atoms with Crippen LogP contribution in [0.1, 0.15) is 200 Å². The van der Waals surface area contributed by atoms with Gasteiger partial charge in [0.15, 0.2) is 6.10 Å². The van der Waals surface area contributed by atoms with Crippen LogP contribution in [0.2, 0.25) is 0 Å². The molecule has 0 amide bonds. The lowest BCUT2D eigenvalue weighted by molar-refractivity contribution is -0.161. The third-order valence-corrected chi connectivity index (χ3v) is 9.69.